The lowest BCUT2D eigenvalue weighted by atomic mass is 9.93. The quantitative estimate of drug-likeness (QED) is 0.760. The molecular formula is C16H16BrCl2NO. The minimum absolute atomic E-state index is 0.388. The number of halogens is 3. The Hall–Kier alpha value is -0.740. The molecule has 0 spiro atoms. The first-order valence-corrected chi connectivity index (χ1v) is 7.95. The number of rotatable bonds is 3. The summed E-state index contributed by atoms with van der Waals surface area (Å²) in [4.78, 5) is 0. The molecule has 1 unspecified atom stereocenters. The lowest BCUT2D eigenvalue weighted by Gasteiger charge is -2.22. The average Bonchev–Trinajstić information content (AvgIpc) is 2.41. The van der Waals surface area contributed by atoms with Gasteiger partial charge in [0.05, 0.1) is 13.2 Å². The standard InChI is InChI=1S/C16H16BrCl2NO/c1-8-6-12(17)9(2)14(16(8)21-3)15(20)11-5-4-10(18)7-13(11)19/h4-7,15H,20H2,1-3H3. The molecule has 112 valence electrons. The van der Waals surface area contributed by atoms with Gasteiger partial charge in [-0.3, -0.25) is 0 Å². The van der Waals surface area contributed by atoms with Crippen LogP contribution in [0, 0.1) is 13.8 Å². The number of aryl methyl sites for hydroxylation is 1. The Kier molecular flexibility index (Phi) is 5.20. The van der Waals surface area contributed by atoms with Gasteiger partial charge in [0.1, 0.15) is 5.75 Å². The van der Waals surface area contributed by atoms with E-state index in [-0.39, 0.29) is 6.04 Å². The second-order valence-corrected chi connectivity index (χ2v) is 6.59. The third-order valence-electron chi connectivity index (χ3n) is 3.52. The molecule has 0 saturated carbocycles. The summed E-state index contributed by atoms with van der Waals surface area (Å²) in [6.45, 7) is 3.99. The van der Waals surface area contributed by atoms with Crippen LogP contribution in [-0.4, -0.2) is 7.11 Å². The maximum absolute atomic E-state index is 6.45. The molecule has 2 aromatic carbocycles. The molecule has 5 heteroatoms. The highest BCUT2D eigenvalue weighted by molar-refractivity contribution is 9.10. The highest BCUT2D eigenvalue weighted by Crippen LogP contribution is 2.39. The molecule has 2 rings (SSSR count). The van der Waals surface area contributed by atoms with E-state index in [2.05, 4.69) is 15.9 Å². The lowest BCUT2D eigenvalue weighted by molar-refractivity contribution is 0.404. The minimum Gasteiger partial charge on any atom is -0.496 e. The molecule has 0 fully saturated rings. The fraction of sp³-hybridized carbons (Fsp3) is 0.250. The van der Waals surface area contributed by atoms with E-state index in [0.717, 1.165) is 32.5 Å². The van der Waals surface area contributed by atoms with Crippen LogP contribution in [0.2, 0.25) is 10.0 Å². The Labute approximate surface area is 143 Å². The van der Waals surface area contributed by atoms with Crippen LogP contribution in [0.1, 0.15) is 28.3 Å². The van der Waals surface area contributed by atoms with Crippen molar-refractivity contribution in [2.45, 2.75) is 19.9 Å². The normalized spacial score (nSPS) is 12.3. The van der Waals surface area contributed by atoms with E-state index in [9.17, 15) is 0 Å². The number of hydrogen-bond acceptors (Lipinski definition) is 2. The van der Waals surface area contributed by atoms with E-state index in [1.54, 1.807) is 19.2 Å². The monoisotopic (exact) mass is 387 g/mol. The van der Waals surface area contributed by atoms with Crippen LogP contribution in [0.25, 0.3) is 0 Å². The molecule has 0 heterocycles. The topological polar surface area (TPSA) is 35.2 Å². The first-order valence-electron chi connectivity index (χ1n) is 6.41. The van der Waals surface area contributed by atoms with Crippen molar-refractivity contribution < 1.29 is 4.74 Å². The summed E-state index contributed by atoms with van der Waals surface area (Å²) < 4.78 is 6.54. The van der Waals surface area contributed by atoms with Crippen LogP contribution < -0.4 is 10.5 Å². The summed E-state index contributed by atoms with van der Waals surface area (Å²) in [6, 6.07) is 6.97. The van der Waals surface area contributed by atoms with E-state index < -0.39 is 0 Å². The van der Waals surface area contributed by atoms with Crippen LogP contribution in [0.5, 0.6) is 5.75 Å². The molecule has 0 bridgehead atoms. The Morgan fingerprint density at radius 2 is 1.86 bits per heavy atom. The molecular weight excluding hydrogens is 373 g/mol. The third kappa shape index (κ3) is 3.21. The van der Waals surface area contributed by atoms with E-state index in [1.165, 1.54) is 0 Å². The number of benzene rings is 2. The van der Waals surface area contributed by atoms with E-state index in [1.807, 2.05) is 26.0 Å². The first-order chi connectivity index (χ1) is 9.86. The smallest absolute Gasteiger partial charge is 0.127 e. The Morgan fingerprint density at radius 3 is 2.43 bits per heavy atom. The van der Waals surface area contributed by atoms with Gasteiger partial charge >= 0.3 is 0 Å². The lowest BCUT2D eigenvalue weighted by Crippen LogP contribution is -2.16. The van der Waals surface area contributed by atoms with Crippen molar-refractivity contribution in [3.05, 3.63) is 61.0 Å². The Morgan fingerprint density at radius 1 is 1.19 bits per heavy atom. The van der Waals surface area contributed by atoms with Gasteiger partial charge in [-0.1, -0.05) is 45.2 Å². The number of hydrogen-bond donors (Lipinski definition) is 1. The summed E-state index contributed by atoms with van der Waals surface area (Å²) in [7, 11) is 1.65. The molecule has 2 nitrogen and oxygen atoms in total. The van der Waals surface area contributed by atoms with Gasteiger partial charge in [0.15, 0.2) is 0 Å². The summed E-state index contributed by atoms with van der Waals surface area (Å²) in [5.41, 5.74) is 10.3. The number of ether oxygens (including phenoxy) is 1. The minimum atomic E-state index is -0.388. The summed E-state index contributed by atoms with van der Waals surface area (Å²) >= 11 is 15.8. The van der Waals surface area contributed by atoms with E-state index in [4.69, 9.17) is 33.7 Å². The van der Waals surface area contributed by atoms with E-state index in [0.29, 0.717) is 10.0 Å². The molecule has 21 heavy (non-hydrogen) atoms. The van der Waals surface area contributed by atoms with E-state index >= 15 is 0 Å². The Balaban J connectivity index is 2.65. The van der Waals surface area contributed by atoms with Gasteiger partial charge in [-0.15, -0.1) is 0 Å². The molecule has 0 aliphatic heterocycles. The molecule has 2 N–H and O–H groups in total. The molecule has 0 radical (unpaired) electrons. The van der Waals surface area contributed by atoms with Crippen LogP contribution in [0.15, 0.2) is 28.7 Å². The third-order valence-corrected chi connectivity index (χ3v) is 4.91. The zero-order chi connectivity index (χ0) is 15.7. The largest absolute Gasteiger partial charge is 0.496 e. The van der Waals surface area contributed by atoms with Gasteiger partial charge < -0.3 is 10.5 Å². The predicted octanol–water partition coefficient (Wildman–Crippen LogP) is 5.43. The molecule has 0 amide bonds. The predicted molar refractivity (Wildman–Crippen MR) is 92.7 cm³/mol. The van der Waals surface area contributed by atoms with Crippen LogP contribution in [0.4, 0.5) is 0 Å². The summed E-state index contributed by atoms with van der Waals surface area (Å²) in [6.07, 6.45) is 0. The van der Waals surface area contributed by atoms with Crippen molar-refractivity contribution in [3.8, 4) is 5.75 Å². The summed E-state index contributed by atoms with van der Waals surface area (Å²) in [5.74, 6) is 0.786. The molecule has 0 aliphatic carbocycles. The van der Waals surface area contributed by atoms with Gasteiger partial charge in [-0.05, 0) is 48.7 Å². The van der Waals surface area contributed by atoms with Gasteiger partial charge in [-0.2, -0.15) is 0 Å². The van der Waals surface area contributed by atoms with Crippen molar-refractivity contribution in [1.82, 2.24) is 0 Å². The molecule has 0 saturated heterocycles. The van der Waals surface area contributed by atoms with Crippen molar-refractivity contribution in [2.24, 2.45) is 5.73 Å². The van der Waals surface area contributed by atoms with Crippen LogP contribution in [-0.2, 0) is 0 Å². The van der Waals surface area contributed by atoms with Crippen LogP contribution >= 0.6 is 39.1 Å². The summed E-state index contributed by atoms with van der Waals surface area (Å²) in [5, 5.41) is 1.14. The highest BCUT2D eigenvalue weighted by atomic mass is 79.9. The van der Waals surface area contributed by atoms with Gasteiger partial charge in [0, 0.05) is 20.1 Å². The zero-order valence-corrected chi connectivity index (χ0v) is 15.1. The fourth-order valence-corrected chi connectivity index (χ4v) is 3.51. The Bertz CT molecular complexity index is 688. The highest BCUT2D eigenvalue weighted by Gasteiger charge is 2.22. The first kappa shape index (κ1) is 16.6. The van der Waals surface area contributed by atoms with Crippen LogP contribution in [0.3, 0.4) is 0 Å². The number of methoxy groups -OCH3 is 1. The average molecular weight is 389 g/mol. The van der Waals surface area contributed by atoms with Gasteiger partial charge in [-0.25, -0.2) is 0 Å². The van der Waals surface area contributed by atoms with Gasteiger partial charge in [0.25, 0.3) is 0 Å². The van der Waals surface area contributed by atoms with Crippen molar-refractivity contribution in [2.75, 3.05) is 7.11 Å². The number of nitrogens with two attached hydrogens (primary N) is 1. The molecule has 2 aromatic rings. The van der Waals surface area contributed by atoms with Gasteiger partial charge in [0.2, 0.25) is 0 Å². The molecule has 0 aromatic heterocycles. The van der Waals surface area contributed by atoms with Crippen molar-refractivity contribution in [1.29, 1.82) is 0 Å². The SMILES string of the molecule is COc1c(C)cc(Br)c(C)c1C(N)c1ccc(Cl)cc1Cl. The molecule has 0 aliphatic rings. The van der Waals surface area contributed by atoms with Crippen molar-refractivity contribution >= 4 is 39.1 Å². The maximum Gasteiger partial charge on any atom is 0.127 e. The fourth-order valence-electron chi connectivity index (χ4n) is 2.43. The maximum atomic E-state index is 6.45. The second kappa shape index (κ2) is 6.57. The molecule has 1 atom stereocenters. The zero-order valence-electron chi connectivity index (χ0n) is 12.0. The second-order valence-electron chi connectivity index (χ2n) is 4.89. The van der Waals surface area contributed by atoms with Crippen molar-refractivity contribution in [3.63, 3.8) is 0 Å².